The van der Waals surface area contributed by atoms with Gasteiger partial charge >= 0.3 is 0 Å². The third kappa shape index (κ3) is 4.50. The maximum atomic E-state index is 13.1. The summed E-state index contributed by atoms with van der Waals surface area (Å²) in [4.78, 5) is 26.2. The Labute approximate surface area is 171 Å². The Kier molecular flexibility index (Phi) is 5.94. The minimum Gasteiger partial charge on any atom is -0.368 e. The van der Waals surface area contributed by atoms with Gasteiger partial charge in [0.05, 0.1) is 5.56 Å². The number of anilines is 2. The highest BCUT2D eigenvalue weighted by molar-refractivity contribution is 5.94. The molecule has 4 rings (SSSR count). The van der Waals surface area contributed by atoms with Crippen molar-refractivity contribution in [3.63, 3.8) is 0 Å². The predicted molar refractivity (Wildman–Crippen MR) is 113 cm³/mol. The molecule has 0 atom stereocenters. The number of carbonyl (C=O) groups excluding carboxylic acids is 1. The molecular formula is C22H28FN5O. The predicted octanol–water partition coefficient (Wildman–Crippen LogP) is 2.33. The minimum atomic E-state index is -0.231. The van der Waals surface area contributed by atoms with Crippen molar-refractivity contribution in [2.24, 2.45) is 0 Å². The highest BCUT2D eigenvalue weighted by Crippen LogP contribution is 2.19. The molecule has 154 valence electrons. The van der Waals surface area contributed by atoms with Crippen molar-refractivity contribution in [3.05, 3.63) is 54.0 Å². The van der Waals surface area contributed by atoms with Gasteiger partial charge in [-0.1, -0.05) is 6.92 Å². The van der Waals surface area contributed by atoms with E-state index in [4.69, 9.17) is 0 Å². The van der Waals surface area contributed by atoms with Crippen LogP contribution >= 0.6 is 0 Å². The average molecular weight is 397 g/mol. The summed E-state index contributed by atoms with van der Waals surface area (Å²) in [6.45, 7) is 10.1. The first-order valence-electron chi connectivity index (χ1n) is 10.4. The van der Waals surface area contributed by atoms with E-state index in [1.54, 1.807) is 18.3 Å². The van der Waals surface area contributed by atoms with Crippen molar-refractivity contribution in [1.82, 2.24) is 14.8 Å². The van der Waals surface area contributed by atoms with Gasteiger partial charge < -0.3 is 19.6 Å². The van der Waals surface area contributed by atoms with Crippen LogP contribution in [0.25, 0.3) is 0 Å². The summed E-state index contributed by atoms with van der Waals surface area (Å²) >= 11 is 0. The monoisotopic (exact) mass is 397 g/mol. The number of amides is 1. The van der Waals surface area contributed by atoms with Gasteiger partial charge in [0.25, 0.3) is 5.91 Å². The number of halogens is 1. The number of hydrogen-bond acceptors (Lipinski definition) is 5. The molecule has 6 nitrogen and oxygen atoms in total. The first kappa shape index (κ1) is 19.6. The van der Waals surface area contributed by atoms with Crippen LogP contribution < -0.4 is 9.80 Å². The van der Waals surface area contributed by atoms with Crippen LogP contribution in [0.3, 0.4) is 0 Å². The maximum absolute atomic E-state index is 13.1. The zero-order valence-corrected chi connectivity index (χ0v) is 16.9. The summed E-state index contributed by atoms with van der Waals surface area (Å²) in [6.07, 6.45) is 1.70. The molecule has 1 aromatic carbocycles. The van der Waals surface area contributed by atoms with Gasteiger partial charge in [0, 0.05) is 64.2 Å². The summed E-state index contributed by atoms with van der Waals surface area (Å²) in [5.41, 5.74) is 1.63. The normalized spacial score (nSPS) is 18.2. The Morgan fingerprint density at radius 3 is 2.14 bits per heavy atom. The van der Waals surface area contributed by atoms with Crippen LogP contribution in [0.1, 0.15) is 17.3 Å². The molecule has 7 heteroatoms. The molecule has 0 aliphatic carbocycles. The molecular weight excluding hydrogens is 369 g/mol. The van der Waals surface area contributed by atoms with E-state index in [-0.39, 0.29) is 11.7 Å². The molecule has 3 heterocycles. The minimum absolute atomic E-state index is 0.0265. The molecule has 1 aromatic heterocycles. The average Bonchev–Trinajstić information content (AvgIpc) is 2.79. The van der Waals surface area contributed by atoms with Gasteiger partial charge in [-0.3, -0.25) is 4.79 Å². The van der Waals surface area contributed by atoms with Crippen molar-refractivity contribution < 1.29 is 9.18 Å². The largest absolute Gasteiger partial charge is 0.368 e. The molecule has 0 bridgehead atoms. The molecule has 0 spiro atoms. The topological polar surface area (TPSA) is 42.9 Å². The number of likely N-dealkylation sites (N-methyl/N-ethyl adjacent to an activating group) is 1. The van der Waals surface area contributed by atoms with Crippen LogP contribution in [-0.2, 0) is 0 Å². The van der Waals surface area contributed by atoms with Crippen molar-refractivity contribution in [2.45, 2.75) is 6.92 Å². The quantitative estimate of drug-likeness (QED) is 0.792. The Morgan fingerprint density at radius 2 is 1.55 bits per heavy atom. The van der Waals surface area contributed by atoms with E-state index in [2.05, 4.69) is 26.6 Å². The fraction of sp³-hybridized carbons (Fsp3) is 0.455. The second-order valence-corrected chi connectivity index (χ2v) is 7.58. The zero-order valence-electron chi connectivity index (χ0n) is 16.9. The summed E-state index contributed by atoms with van der Waals surface area (Å²) in [5, 5.41) is 0. The van der Waals surface area contributed by atoms with E-state index in [0.29, 0.717) is 18.7 Å². The third-order valence-corrected chi connectivity index (χ3v) is 5.90. The van der Waals surface area contributed by atoms with Crippen LogP contribution in [0.4, 0.5) is 15.9 Å². The lowest BCUT2D eigenvalue weighted by molar-refractivity contribution is 0.0746. The number of rotatable bonds is 4. The van der Waals surface area contributed by atoms with Gasteiger partial charge in [-0.05, 0) is 42.9 Å². The van der Waals surface area contributed by atoms with Gasteiger partial charge in [-0.15, -0.1) is 0 Å². The molecule has 0 radical (unpaired) electrons. The molecule has 1 amide bonds. The number of hydrogen-bond donors (Lipinski definition) is 0. The molecule has 29 heavy (non-hydrogen) atoms. The van der Waals surface area contributed by atoms with E-state index in [1.807, 2.05) is 17.0 Å². The lowest BCUT2D eigenvalue weighted by Gasteiger charge is -2.36. The molecule has 2 aliphatic rings. The van der Waals surface area contributed by atoms with E-state index >= 15 is 0 Å². The fourth-order valence-corrected chi connectivity index (χ4v) is 4.00. The summed E-state index contributed by atoms with van der Waals surface area (Å²) in [7, 11) is 0. The molecule has 0 unspecified atom stereocenters. The van der Waals surface area contributed by atoms with Gasteiger partial charge in [0.2, 0.25) is 0 Å². The van der Waals surface area contributed by atoms with Gasteiger partial charge in [-0.25, -0.2) is 9.37 Å². The lowest BCUT2D eigenvalue weighted by atomic mass is 10.2. The molecule has 0 N–H and O–H groups in total. The highest BCUT2D eigenvalue weighted by Gasteiger charge is 2.23. The SMILES string of the molecule is CCN1CCN(c2ccc(C(=O)N3CCN(c4ccc(F)cc4)CC3)cn2)CC1. The van der Waals surface area contributed by atoms with Crippen molar-refractivity contribution >= 4 is 17.4 Å². The molecule has 2 fully saturated rings. The number of nitrogens with zero attached hydrogens (tertiary/aromatic N) is 5. The van der Waals surface area contributed by atoms with E-state index in [0.717, 1.165) is 57.3 Å². The Balaban J connectivity index is 1.32. The summed E-state index contributed by atoms with van der Waals surface area (Å²) in [5.74, 6) is 0.739. The van der Waals surface area contributed by atoms with E-state index in [1.165, 1.54) is 12.1 Å². The second-order valence-electron chi connectivity index (χ2n) is 7.58. The summed E-state index contributed by atoms with van der Waals surface area (Å²) in [6, 6.07) is 10.4. The van der Waals surface area contributed by atoms with Gasteiger partial charge in [0.15, 0.2) is 0 Å². The molecule has 2 aromatic rings. The number of aromatic nitrogens is 1. The summed E-state index contributed by atoms with van der Waals surface area (Å²) < 4.78 is 13.1. The second kappa shape index (κ2) is 8.78. The van der Waals surface area contributed by atoms with E-state index < -0.39 is 0 Å². The zero-order chi connectivity index (χ0) is 20.2. The fourth-order valence-electron chi connectivity index (χ4n) is 4.00. The Hall–Kier alpha value is -2.67. The van der Waals surface area contributed by atoms with Crippen LogP contribution in [0.2, 0.25) is 0 Å². The lowest BCUT2D eigenvalue weighted by Crippen LogP contribution is -2.48. The number of carbonyl (C=O) groups is 1. The van der Waals surface area contributed by atoms with Gasteiger partial charge in [0.1, 0.15) is 11.6 Å². The maximum Gasteiger partial charge on any atom is 0.255 e. The number of pyridine rings is 1. The molecule has 0 saturated carbocycles. The first-order valence-corrected chi connectivity index (χ1v) is 10.4. The van der Waals surface area contributed by atoms with Crippen LogP contribution in [0.5, 0.6) is 0 Å². The highest BCUT2D eigenvalue weighted by atomic mass is 19.1. The van der Waals surface area contributed by atoms with Crippen molar-refractivity contribution in [1.29, 1.82) is 0 Å². The number of piperazine rings is 2. The standard InChI is InChI=1S/C22H28FN5O/c1-2-25-9-11-27(12-10-25)21-8-3-18(17-24-21)22(29)28-15-13-26(14-16-28)20-6-4-19(23)5-7-20/h3-8,17H,2,9-16H2,1H3. The smallest absolute Gasteiger partial charge is 0.255 e. The van der Waals surface area contributed by atoms with Crippen molar-refractivity contribution in [2.75, 3.05) is 68.7 Å². The van der Waals surface area contributed by atoms with Crippen LogP contribution in [0.15, 0.2) is 42.6 Å². The molecule has 2 aliphatic heterocycles. The first-order chi connectivity index (χ1) is 14.1. The Morgan fingerprint density at radius 1 is 0.897 bits per heavy atom. The van der Waals surface area contributed by atoms with Crippen LogP contribution in [-0.4, -0.2) is 79.6 Å². The van der Waals surface area contributed by atoms with E-state index in [9.17, 15) is 9.18 Å². The third-order valence-electron chi connectivity index (χ3n) is 5.90. The molecule has 2 saturated heterocycles. The van der Waals surface area contributed by atoms with Crippen molar-refractivity contribution in [3.8, 4) is 0 Å². The number of benzene rings is 1. The Bertz CT molecular complexity index is 810. The van der Waals surface area contributed by atoms with Crippen LogP contribution in [0, 0.1) is 5.82 Å². The van der Waals surface area contributed by atoms with Gasteiger partial charge in [-0.2, -0.15) is 0 Å².